The van der Waals surface area contributed by atoms with Crippen LogP contribution in [0.2, 0.25) is 0 Å². The van der Waals surface area contributed by atoms with Gasteiger partial charge in [-0.15, -0.1) is 0 Å². The third-order valence-electron chi connectivity index (χ3n) is 5.70. The Morgan fingerprint density at radius 3 is 2.62 bits per heavy atom. The van der Waals surface area contributed by atoms with Gasteiger partial charge in [-0.05, 0) is 19.8 Å². The number of nitrogens with zero attached hydrogens (tertiary/aromatic N) is 3. The van der Waals surface area contributed by atoms with Gasteiger partial charge in [-0.1, -0.05) is 30.3 Å². The molecule has 1 aromatic carbocycles. The molecule has 2 saturated heterocycles. The molecule has 26 heavy (non-hydrogen) atoms. The van der Waals surface area contributed by atoms with Gasteiger partial charge in [0.2, 0.25) is 5.91 Å². The highest BCUT2D eigenvalue weighted by molar-refractivity contribution is 5.97. The summed E-state index contributed by atoms with van der Waals surface area (Å²) in [6.45, 7) is 4.92. The molecule has 6 heteroatoms. The Balaban J connectivity index is 1.47. The average Bonchev–Trinajstić information content (AvgIpc) is 3.27. The van der Waals surface area contributed by atoms with Crippen molar-refractivity contribution in [3.63, 3.8) is 0 Å². The molecule has 0 N–H and O–H groups in total. The van der Waals surface area contributed by atoms with Crippen LogP contribution in [-0.4, -0.2) is 52.8 Å². The molecular weight excluding hydrogens is 330 g/mol. The van der Waals surface area contributed by atoms with E-state index < -0.39 is 0 Å². The number of piperidine rings is 1. The first-order valence-corrected chi connectivity index (χ1v) is 9.18. The number of hydrogen-bond donors (Lipinski definition) is 0. The van der Waals surface area contributed by atoms with Crippen molar-refractivity contribution >= 4 is 11.8 Å². The molecule has 2 aliphatic heterocycles. The summed E-state index contributed by atoms with van der Waals surface area (Å²) in [5.41, 5.74) is 1.25. The molecular formula is C20H23N3O3. The maximum Gasteiger partial charge on any atom is 0.276 e. The molecule has 0 radical (unpaired) electrons. The maximum absolute atomic E-state index is 13.0. The fraction of sp³-hybridized carbons (Fsp3) is 0.450. The van der Waals surface area contributed by atoms with Gasteiger partial charge in [0.15, 0.2) is 17.8 Å². The van der Waals surface area contributed by atoms with Gasteiger partial charge in [-0.3, -0.25) is 9.59 Å². The second kappa shape index (κ2) is 6.59. The van der Waals surface area contributed by atoms with E-state index in [4.69, 9.17) is 4.42 Å². The number of carbonyl (C=O) groups is 2. The SMILES string of the molecule is CCN1CC2(CCN(C(=O)c3ncoc3-c3ccccc3)CC2)CC1=O. The van der Waals surface area contributed by atoms with Crippen molar-refractivity contribution in [2.45, 2.75) is 26.2 Å². The Kier molecular flexibility index (Phi) is 4.26. The Morgan fingerprint density at radius 2 is 1.96 bits per heavy atom. The van der Waals surface area contributed by atoms with Gasteiger partial charge in [0.05, 0.1) is 0 Å². The Morgan fingerprint density at radius 1 is 1.23 bits per heavy atom. The van der Waals surface area contributed by atoms with Gasteiger partial charge < -0.3 is 14.2 Å². The minimum Gasteiger partial charge on any atom is -0.443 e. The number of aromatic nitrogens is 1. The fourth-order valence-corrected chi connectivity index (χ4v) is 4.13. The molecule has 2 fully saturated rings. The molecule has 3 heterocycles. The second-order valence-corrected chi connectivity index (χ2v) is 7.27. The number of hydrogen-bond acceptors (Lipinski definition) is 4. The number of carbonyl (C=O) groups excluding carboxylic acids is 2. The van der Waals surface area contributed by atoms with Gasteiger partial charge in [-0.25, -0.2) is 4.98 Å². The summed E-state index contributed by atoms with van der Waals surface area (Å²) in [5, 5.41) is 0. The van der Waals surface area contributed by atoms with Crippen molar-refractivity contribution in [3.8, 4) is 11.3 Å². The molecule has 6 nitrogen and oxygen atoms in total. The summed E-state index contributed by atoms with van der Waals surface area (Å²) in [6.07, 6.45) is 3.66. The minimum atomic E-state index is -0.0934. The van der Waals surface area contributed by atoms with E-state index in [0.717, 1.165) is 31.5 Å². The molecule has 4 rings (SSSR count). The highest BCUT2D eigenvalue weighted by Crippen LogP contribution is 2.41. The lowest BCUT2D eigenvalue weighted by atomic mass is 9.77. The summed E-state index contributed by atoms with van der Waals surface area (Å²) in [6, 6.07) is 9.56. The predicted molar refractivity (Wildman–Crippen MR) is 96.4 cm³/mol. The summed E-state index contributed by atoms with van der Waals surface area (Å²) in [7, 11) is 0. The molecule has 0 bridgehead atoms. The normalized spacial score (nSPS) is 19.3. The van der Waals surface area contributed by atoms with E-state index in [2.05, 4.69) is 4.98 Å². The van der Waals surface area contributed by atoms with Crippen LogP contribution in [0.1, 0.15) is 36.7 Å². The van der Waals surface area contributed by atoms with E-state index >= 15 is 0 Å². The third kappa shape index (κ3) is 2.89. The topological polar surface area (TPSA) is 66.7 Å². The molecule has 0 atom stereocenters. The quantitative estimate of drug-likeness (QED) is 0.851. The van der Waals surface area contributed by atoms with Crippen molar-refractivity contribution in [3.05, 3.63) is 42.4 Å². The molecule has 0 aliphatic carbocycles. The molecule has 1 spiro atoms. The Bertz CT molecular complexity index is 807. The molecule has 0 unspecified atom stereocenters. The van der Waals surface area contributed by atoms with Crippen LogP contribution in [-0.2, 0) is 4.79 Å². The van der Waals surface area contributed by atoms with Crippen molar-refractivity contribution in [1.29, 1.82) is 0 Å². The zero-order chi connectivity index (χ0) is 18.1. The molecule has 2 aromatic rings. The van der Waals surface area contributed by atoms with Crippen LogP contribution in [0.5, 0.6) is 0 Å². The van der Waals surface area contributed by atoms with Crippen LogP contribution in [0.15, 0.2) is 41.1 Å². The Labute approximate surface area is 152 Å². The van der Waals surface area contributed by atoms with Crippen LogP contribution in [0.4, 0.5) is 0 Å². The van der Waals surface area contributed by atoms with Gasteiger partial charge in [0.1, 0.15) is 0 Å². The zero-order valence-electron chi connectivity index (χ0n) is 15.0. The lowest BCUT2D eigenvalue weighted by Crippen LogP contribution is -2.44. The standard InChI is InChI=1S/C20H23N3O3/c1-2-22-13-20(12-16(22)24)8-10-23(11-9-20)19(25)17-18(26-14-21-17)15-6-4-3-5-7-15/h3-7,14H,2,8-13H2,1H3. The number of rotatable bonds is 3. The Hall–Kier alpha value is -2.63. The van der Waals surface area contributed by atoms with E-state index in [0.29, 0.717) is 31.0 Å². The van der Waals surface area contributed by atoms with Crippen molar-refractivity contribution < 1.29 is 14.0 Å². The monoisotopic (exact) mass is 353 g/mol. The van der Waals surface area contributed by atoms with E-state index in [1.54, 1.807) is 0 Å². The lowest BCUT2D eigenvalue weighted by Gasteiger charge is -2.38. The van der Waals surface area contributed by atoms with Gasteiger partial charge in [0, 0.05) is 43.6 Å². The average molecular weight is 353 g/mol. The lowest BCUT2D eigenvalue weighted by molar-refractivity contribution is -0.127. The second-order valence-electron chi connectivity index (χ2n) is 7.27. The molecule has 2 amide bonds. The van der Waals surface area contributed by atoms with E-state index in [1.165, 1.54) is 6.39 Å². The fourth-order valence-electron chi connectivity index (χ4n) is 4.13. The van der Waals surface area contributed by atoms with Crippen molar-refractivity contribution in [1.82, 2.24) is 14.8 Å². The zero-order valence-corrected chi connectivity index (χ0v) is 15.0. The number of oxazole rings is 1. The van der Waals surface area contributed by atoms with Crippen LogP contribution >= 0.6 is 0 Å². The highest BCUT2D eigenvalue weighted by atomic mass is 16.3. The highest BCUT2D eigenvalue weighted by Gasteiger charge is 2.45. The first kappa shape index (κ1) is 16.8. The summed E-state index contributed by atoms with van der Waals surface area (Å²) in [4.78, 5) is 33.0. The van der Waals surface area contributed by atoms with Crippen LogP contribution < -0.4 is 0 Å². The van der Waals surface area contributed by atoms with Gasteiger partial charge in [-0.2, -0.15) is 0 Å². The number of benzene rings is 1. The summed E-state index contributed by atoms with van der Waals surface area (Å²) < 4.78 is 5.49. The molecule has 1 aromatic heterocycles. The number of likely N-dealkylation sites (tertiary alicyclic amines) is 2. The van der Waals surface area contributed by atoms with Crippen LogP contribution in [0.3, 0.4) is 0 Å². The molecule has 136 valence electrons. The van der Waals surface area contributed by atoms with E-state index in [1.807, 2.05) is 47.1 Å². The third-order valence-corrected chi connectivity index (χ3v) is 5.70. The van der Waals surface area contributed by atoms with Crippen LogP contribution in [0, 0.1) is 5.41 Å². The smallest absolute Gasteiger partial charge is 0.276 e. The van der Waals surface area contributed by atoms with E-state index in [-0.39, 0.29) is 17.2 Å². The van der Waals surface area contributed by atoms with Crippen molar-refractivity contribution in [2.75, 3.05) is 26.2 Å². The maximum atomic E-state index is 13.0. The summed E-state index contributed by atoms with van der Waals surface area (Å²) in [5.74, 6) is 0.670. The molecule has 2 aliphatic rings. The minimum absolute atomic E-state index is 0.0377. The largest absolute Gasteiger partial charge is 0.443 e. The van der Waals surface area contributed by atoms with Crippen molar-refractivity contribution in [2.24, 2.45) is 5.41 Å². The molecule has 0 saturated carbocycles. The van der Waals surface area contributed by atoms with Crippen LogP contribution in [0.25, 0.3) is 11.3 Å². The van der Waals surface area contributed by atoms with Gasteiger partial charge >= 0.3 is 0 Å². The first-order valence-electron chi connectivity index (χ1n) is 9.18. The first-order chi connectivity index (χ1) is 12.6. The summed E-state index contributed by atoms with van der Waals surface area (Å²) >= 11 is 0. The predicted octanol–water partition coefficient (Wildman–Crippen LogP) is 2.82. The number of amides is 2. The van der Waals surface area contributed by atoms with Gasteiger partial charge in [0.25, 0.3) is 5.91 Å². The van der Waals surface area contributed by atoms with E-state index in [9.17, 15) is 9.59 Å².